The van der Waals surface area contributed by atoms with Crippen molar-refractivity contribution in [1.29, 1.82) is 5.26 Å². The van der Waals surface area contributed by atoms with Gasteiger partial charge in [-0.05, 0) is 31.0 Å². The number of nitrogens with zero attached hydrogens (tertiary/aromatic N) is 3. The van der Waals surface area contributed by atoms with Crippen molar-refractivity contribution in [2.75, 3.05) is 0 Å². The summed E-state index contributed by atoms with van der Waals surface area (Å²) in [5.41, 5.74) is 1.67. The maximum atomic E-state index is 13.2. The van der Waals surface area contributed by atoms with Crippen LogP contribution in [0, 0.1) is 17.1 Å². The van der Waals surface area contributed by atoms with Gasteiger partial charge in [-0.2, -0.15) is 10.4 Å². The second-order valence-electron chi connectivity index (χ2n) is 4.33. The molecule has 1 heterocycles. The lowest BCUT2D eigenvalue weighted by Crippen LogP contribution is -1.97. The first kappa shape index (κ1) is 11.2. The molecule has 3 nitrogen and oxygen atoms in total. The molecular formula is C13H9ClFN3. The fourth-order valence-electron chi connectivity index (χ4n) is 1.94. The zero-order chi connectivity index (χ0) is 12.7. The van der Waals surface area contributed by atoms with Crippen LogP contribution in [-0.2, 0) is 0 Å². The molecule has 0 spiro atoms. The maximum Gasteiger partial charge on any atom is 0.150 e. The molecule has 18 heavy (non-hydrogen) atoms. The van der Waals surface area contributed by atoms with E-state index in [1.54, 1.807) is 12.1 Å². The molecule has 3 rings (SSSR count). The van der Waals surface area contributed by atoms with Crippen molar-refractivity contribution in [3.63, 3.8) is 0 Å². The van der Waals surface area contributed by atoms with E-state index in [0.717, 1.165) is 18.5 Å². The molecule has 0 bridgehead atoms. The largest absolute Gasteiger partial charge is 0.220 e. The van der Waals surface area contributed by atoms with E-state index in [0.29, 0.717) is 17.2 Å². The number of rotatable bonds is 2. The summed E-state index contributed by atoms with van der Waals surface area (Å²) < 4.78 is 14.6. The molecule has 1 aromatic carbocycles. The molecule has 2 aromatic rings. The van der Waals surface area contributed by atoms with Crippen LogP contribution in [0.25, 0.3) is 5.69 Å². The van der Waals surface area contributed by atoms with Crippen molar-refractivity contribution in [2.45, 2.75) is 18.8 Å². The average molecular weight is 262 g/mol. The van der Waals surface area contributed by atoms with Gasteiger partial charge in [-0.3, -0.25) is 0 Å². The van der Waals surface area contributed by atoms with E-state index in [1.165, 1.54) is 16.8 Å². The van der Waals surface area contributed by atoms with Gasteiger partial charge in [0.25, 0.3) is 0 Å². The van der Waals surface area contributed by atoms with Crippen LogP contribution in [0.15, 0.2) is 24.3 Å². The van der Waals surface area contributed by atoms with Gasteiger partial charge in [0.1, 0.15) is 17.4 Å². The summed E-state index contributed by atoms with van der Waals surface area (Å²) in [6.07, 6.45) is 2.07. The van der Waals surface area contributed by atoms with Crippen molar-refractivity contribution >= 4 is 11.6 Å². The van der Waals surface area contributed by atoms with Gasteiger partial charge in [0.2, 0.25) is 0 Å². The van der Waals surface area contributed by atoms with Crippen LogP contribution in [0.5, 0.6) is 0 Å². The first-order valence-electron chi connectivity index (χ1n) is 5.65. The molecule has 0 saturated heterocycles. The molecular weight excluding hydrogens is 253 g/mol. The van der Waals surface area contributed by atoms with Crippen molar-refractivity contribution in [1.82, 2.24) is 9.78 Å². The summed E-state index contributed by atoms with van der Waals surface area (Å²) in [6, 6.07) is 8.08. The molecule has 0 atom stereocenters. The van der Waals surface area contributed by atoms with Gasteiger partial charge in [0, 0.05) is 5.92 Å². The number of nitriles is 1. The van der Waals surface area contributed by atoms with Crippen molar-refractivity contribution < 1.29 is 4.39 Å². The predicted octanol–water partition coefficient (Wildman–Crippen LogP) is 3.41. The van der Waals surface area contributed by atoms with Gasteiger partial charge in [0.05, 0.1) is 11.4 Å². The van der Waals surface area contributed by atoms with Gasteiger partial charge < -0.3 is 0 Å². The summed E-state index contributed by atoms with van der Waals surface area (Å²) in [5.74, 6) is -0.0301. The smallest absolute Gasteiger partial charge is 0.150 e. The van der Waals surface area contributed by atoms with Gasteiger partial charge >= 0.3 is 0 Å². The fraction of sp³-hybridized carbons (Fsp3) is 0.231. The van der Waals surface area contributed by atoms with Crippen LogP contribution < -0.4 is 0 Å². The topological polar surface area (TPSA) is 41.6 Å². The van der Waals surface area contributed by atoms with E-state index < -0.39 is 0 Å². The minimum atomic E-state index is -0.356. The molecule has 0 unspecified atom stereocenters. The Hall–Kier alpha value is -1.86. The Kier molecular flexibility index (Phi) is 2.57. The third-order valence-corrected chi connectivity index (χ3v) is 3.33. The number of benzene rings is 1. The molecule has 0 aliphatic heterocycles. The van der Waals surface area contributed by atoms with Gasteiger partial charge in [0.15, 0.2) is 5.15 Å². The van der Waals surface area contributed by atoms with Gasteiger partial charge in [-0.1, -0.05) is 17.7 Å². The second-order valence-corrected chi connectivity index (χ2v) is 4.69. The normalized spacial score (nSPS) is 14.5. The third-order valence-electron chi connectivity index (χ3n) is 2.98. The molecule has 1 aliphatic rings. The van der Waals surface area contributed by atoms with Crippen molar-refractivity contribution in [3.05, 3.63) is 46.5 Å². The van der Waals surface area contributed by atoms with Crippen LogP contribution in [0.3, 0.4) is 0 Å². The lowest BCUT2D eigenvalue weighted by molar-refractivity contribution is 0.625. The lowest BCUT2D eigenvalue weighted by atomic mass is 10.2. The Bertz CT molecular complexity index is 653. The zero-order valence-electron chi connectivity index (χ0n) is 9.40. The Labute approximate surface area is 108 Å². The number of hydrogen-bond acceptors (Lipinski definition) is 2. The first-order chi connectivity index (χ1) is 8.70. The minimum absolute atomic E-state index is 0.255. The van der Waals surface area contributed by atoms with E-state index in [2.05, 4.69) is 11.2 Å². The lowest BCUT2D eigenvalue weighted by Gasteiger charge is -2.02. The monoisotopic (exact) mass is 261 g/mol. The summed E-state index contributed by atoms with van der Waals surface area (Å²) in [6.45, 7) is 0. The Balaban J connectivity index is 2.16. The van der Waals surface area contributed by atoms with Crippen LogP contribution >= 0.6 is 11.6 Å². The molecule has 0 amide bonds. The number of halogens is 2. The van der Waals surface area contributed by atoms with Crippen LogP contribution in [0.4, 0.5) is 4.39 Å². The zero-order valence-corrected chi connectivity index (χ0v) is 10.2. The Morgan fingerprint density at radius 1 is 1.44 bits per heavy atom. The van der Waals surface area contributed by atoms with Crippen molar-refractivity contribution in [3.8, 4) is 11.8 Å². The van der Waals surface area contributed by atoms with E-state index in [-0.39, 0.29) is 11.0 Å². The predicted molar refractivity (Wildman–Crippen MR) is 65.2 cm³/mol. The third kappa shape index (κ3) is 1.77. The van der Waals surface area contributed by atoms with Crippen molar-refractivity contribution in [2.24, 2.45) is 0 Å². The SMILES string of the molecule is N#Cc1c(C2CC2)nn(-c2cccc(F)c2)c1Cl. The molecule has 1 fully saturated rings. The summed E-state index contributed by atoms with van der Waals surface area (Å²) in [5, 5.41) is 13.7. The molecule has 90 valence electrons. The van der Waals surface area contributed by atoms with E-state index in [4.69, 9.17) is 16.9 Å². The average Bonchev–Trinajstić information content (AvgIpc) is 3.13. The Morgan fingerprint density at radius 2 is 2.22 bits per heavy atom. The highest BCUT2D eigenvalue weighted by Crippen LogP contribution is 2.42. The molecule has 0 radical (unpaired) electrons. The summed E-state index contributed by atoms with van der Waals surface area (Å²) >= 11 is 6.14. The van der Waals surface area contributed by atoms with E-state index in [9.17, 15) is 4.39 Å². The highest BCUT2D eigenvalue weighted by Gasteiger charge is 2.31. The van der Waals surface area contributed by atoms with Gasteiger partial charge in [-0.25, -0.2) is 9.07 Å². The van der Waals surface area contributed by atoms with E-state index >= 15 is 0 Å². The standard InChI is InChI=1S/C13H9ClFN3/c14-13-11(7-16)12(8-4-5-8)17-18(13)10-3-1-2-9(15)6-10/h1-3,6,8H,4-5H2. The number of hydrogen-bond donors (Lipinski definition) is 0. The van der Waals surface area contributed by atoms with Crippen LogP contribution in [0.2, 0.25) is 5.15 Å². The summed E-state index contributed by atoms with van der Waals surface area (Å²) in [4.78, 5) is 0. The van der Waals surface area contributed by atoms with Gasteiger partial charge in [-0.15, -0.1) is 0 Å². The highest BCUT2D eigenvalue weighted by molar-refractivity contribution is 6.31. The highest BCUT2D eigenvalue weighted by atomic mass is 35.5. The fourth-order valence-corrected chi connectivity index (χ4v) is 2.21. The van der Waals surface area contributed by atoms with E-state index in [1.807, 2.05) is 0 Å². The Morgan fingerprint density at radius 3 is 2.83 bits per heavy atom. The quantitative estimate of drug-likeness (QED) is 0.831. The second kappa shape index (κ2) is 4.11. The molecule has 1 saturated carbocycles. The number of aromatic nitrogens is 2. The van der Waals surface area contributed by atoms with Crippen LogP contribution in [-0.4, -0.2) is 9.78 Å². The molecule has 1 aromatic heterocycles. The first-order valence-corrected chi connectivity index (χ1v) is 6.03. The molecule has 1 aliphatic carbocycles. The summed E-state index contributed by atoms with van der Waals surface area (Å²) in [7, 11) is 0. The van der Waals surface area contributed by atoms with Crippen LogP contribution in [0.1, 0.15) is 30.0 Å². The maximum absolute atomic E-state index is 13.2. The molecule has 0 N–H and O–H groups in total. The minimum Gasteiger partial charge on any atom is -0.220 e. The molecule has 5 heteroatoms.